The summed E-state index contributed by atoms with van der Waals surface area (Å²) in [6.45, 7) is 0. The summed E-state index contributed by atoms with van der Waals surface area (Å²) in [4.78, 5) is 2.36. The molecule has 0 aliphatic heterocycles. The van der Waals surface area contributed by atoms with Gasteiger partial charge in [0.2, 0.25) is 0 Å². The minimum atomic E-state index is 0.915. The zero-order valence-electron chi connectivity index (χ0n) is 29.6. The lowest BCUT2D eigenvalue weighted by molar-refractivity contribution is 0.670. The van der Waals surface area contributed by atoms with Gasteiger partial charge in [-0.1, -0.05) is 170 Å². The lowest BCUT2D eigenvalue weighted by Crippen LogP contribution is -2.10. The van der Waals surface area contributed by atoms with Crippen molar-refractivity contribution in [2.45, 2.75) is 0 Å². The number of anilines is 3. The molecule has 0 unspecified atom stereocenters. The van der Waals surface area contributed by atoms with Gasteiger partial charge in [0.25, 0.3) is 0 Å². The highest BCUT2D eigenvalue weighted by Crippen LogP contribution is 2.41. The van der Waals surface area contributed by atoms with Gasteiger partial charge in [0.05, 0.1) is 5.69 Å². The molecule has 0 fully saturated rings. The van der Waals surface area contributed by atoms with E-state index < -0.39 is 0 Å². The van der Waals surface area contributed by atoms with E-state index in [9.17, 15) is 0 Å². The van der Waals surface area contributed by atoms with E-state index in [1.54, 1.807) is 0 Å². The molecule has 0 saturated heterocycles. The van der Waals surface area contributed by atoms with Crippen molar-refractivity contribution < 1.29 is 4.42 Å². The third kappa shape index (κ3) is 5.71. The normalized spacial score (nSPS) is 11.3. The lowest BCUT2D eigenvalue weighted by atomic mass is 9.96. The Bertz CT molecular complexity index is 2900. The summed E-state index contributed by atoms with van der Waals surface area (Å²) in [6, 6.07) is 75.8. The first kappa shape index (κ1) is 31.6. The highest BCUT2D eigenvalue weighted by atomic mass is 16.3. The highest BCUT2D eigenvalue weighted by Gasteiger charge is 2.16. The van der Waals surface area contributed by atoms with Gasteiger partial charge in [0.1, 0.15) is 11.2 Å². The van der Waals surface area contributed by atoms with Gasteiger partial charge in [-0.25, -0.2) is 0 Å². The van der Waals surface area contributed by atoms with Crippen molar-refractivity contribution in [2.75, 3.05) is 4.90 Å². The van der Waals surface area contributed by atoms with Crippen LogP contribution in [0, 0.1) is 0 Å². The smallest absolute Gasteiger partial charge is 0.143 e. The summed E-state index contributed by atoms with van der Waals surface area (Å²) in [5.41, 5.74) is 14.6. The molecule has 10 rings (SSSR count). The number of hydrogen-bond acceptors (Lipinski definition) is 2. The maximum absolute atomic E-state index is 6.36. The molecule has 0 atom stereocenters. The molecule has 2 heteroatoms. The Morgan fingerprint density at radius 1 is 0.315 bits per heavy atom. The summed E-state index contributed by atoms with van der Waals surface area (Å²) in [7, 11) is 0. The van der Waals surface area contributed by atoms with Gasteiger partial charge < -0.3 is 9.32 Å². The summed E-state index contributed by atoms with van der Waals surface area (Å²) in [5, 5.41) is 4.72. The van der Waals surface area contributed by atoms with Crippen LogP contribution >= 0.6 is 0 Å². The number of para-hydroxylation sites is 2. The van der Waals surface area contributed by atoms with Crippen molar-refractivity contribution in [2.24, 2.45) is 0 Å². The fourth-order valence-corrected chi connectivity index (χ4v) is 7.76. The molecule has 0 radical (unpaired) electrons. The van der Waals surface area contributed by atoms with Crippen molar-refractivity contribution in [1.82, 2.24) is 0 Å². The first-order valence-corrected chi connectivity index (χ1v) is 18.4. The fraction of sp³-hybridized carbons (Fsp3) is 0. The molecule has 0 aliphatic rings. The molecule has 1 aromatic heterocycles. The maximum Gasteiger partial charge on any atom is 0.143 e. The van der Waals surface area contributed by atoms with Gasteiger partial charge in [-0.3, -0.25) is 0 Å². The van der Waals surface area contributed by atoms with E-state index in [4.69, 9.17) is 4.42 Å². The monoisotopic (exact) mass is 689 g/mol. The van der Waals surface area contributed by atoms with Gasteiger partial charge in [-0.05, 0) is 86.8 Å². The van der Waals surface area contributed by atoms with E-state index in [0.717, 1.165) is 50.1 Å². The van der Waals surface area contributed by atoms with Crippen LogP contribution in [0.1, 0.15) is 0 Å². The molecule has 10 aromatic rings. The molecule has 2 nitrogen and oxygen atoms in total. The number of nitrogens with zero attached hydrogens (tertiary/aromatic N) is 1. The minimum absolute atomic E-state index is 0.915. The first-order valence-electron chi connectivity index (χ1n) is 18.4. The Morgan fingerprint density at radius 2 is 0.796 bits per heavy atom. The molecule has 1 heterocycles. The molecule has 0 aliphatic carbocycles. The quantitative estimate of drug-likeness (QED) is 0.166. The Morgan fingerprint density at radius 3 is 1.52 bits per heavy atom. The Hall–Kier alpha value is -7.16. The van der Waals surface area contributed by atoms with Gasteiger partial charge in [-0.15, -0.1) is 0 Å². The number of hydrogen-bond donors (Lipinski definition) is 0. The summed E-state index contributed by atoms with van der Waals surface area (Å²) < 4.78 is 6.36. The SMILES string of the molecule is c1ccc(-c2ccc(N(c3ccc(-c4ccc(-c5cccc(-c6cccc7c6oc6ccccc67)c5)cc4)cc3)c3cccc4ccccc34)cc2)cc1. The molecule has 0 amide bonds. The van der Waals surface area contributed by atoms with Crippen LogP contribution in [-0.2, 0) is 0 Å². The average molecular weight is 690 g/mol. The molecule has 0 saturated carbocycles. The second-order valence-electron chi connectivity index (χ2n) is 13.7. The second-order valence-corrected chi connectivity index (χ2v) is 13.7. The van der Waals surface area contributed by atoms with Crippen molar-refractivity contribution in [3.05, 3.63) is 212 Å². The molecule has 254 valence electrons. The van der Waals surface area contributed by atoms with Crippen LogP contribution in [0.3, 0.4) is 0 Å². The van der Waals surface area contributed by atoms with Crippen molar-refractivity contribution in [3.8, 4) is 44.5 Å². The van der Waals surface area contributed by atoms with Crippen molar-refractivity contribution in [1.29, 1.82) is 0 Å². The largest absolute Gasteiger partial charge is 0.455 e. The Kier molecular flexibility index (Phi) is 7.85. The first-order chi connectivity index (χ1) is 26.8. The van der Waals surface area contributed by atoms with E-state index in [2.05, 4.69) is 205 Å². The average Bonchev–Trinajstić information content (AvgIpc) is 3.64. The number of fused-ring (bicyclic) bond motifs is 4. The molecular weight excluding hydrogens is 655 g/mol. The van der Waals surface area contributed by atoms with Crippen LogP contribution in [-0.4, -0.2) is 0 Å². The van der Waals surface area contributed by atoms with Gasteiger partial charge in [-0.2, -0.15) is 0 Å². The zero-order chi connectivity index (χ0) is 35.8. The maximum atomic E-state index is 6.36. The van der Waals surface area contributed by atoms with Crippen LogP contribution in [0.15, 0.2) is 217 Å². The number of benzene rings is 9. The Labute approximate surface area is 314 Å². The summed E-state index contributed by atoms with van der Waals surface area (Å²) in [5.74, 6) is 0. The van der Waals surface area contributed by atoms with Crippen LogP contribution in [0.4, 0.5) is 17.1 Å². The van der Waals surface area contributed by atoms with E-state index in [-0.39, 0.29) is 0 Å². The van der Waals surface area contributed by atoms with E-state index in [1.165, 1.54) is 44.2 Å². The highest BCUT2D eigenvalue weighted by molar-refractivity contribution is 6.09. The number of furan rings is 1. The van der Waals surface area contributed by atoms with Crippen molar-refractivity contribution >= 4 is 49.8 Å². The van der Waals surface area contributed by atoms with Gasteiger partial charge in [0, 0.05) is 33.1 Å². The lowest BCUT2D eigenvalue weighted by Gasteiger charge is -2.27. The molecule has 0 N–H and O–H groups in total. The Balaban J connectivity index is 0.964. The van der Waals surface area contributed by atoms with E-state index >= 15 is 0 Å². The fourth-order valence-electron chi connectivity index (χ4n) is 7.76. The zero-order valence-corrected chi connectivity index (χ0v) is 29.6. The third-order valence-electron chi connectivity index (χ3n) is 10.5. The number of rotatable bonds is 7. The van der Waals surface area contributed by atoms with Crippen LogP contribution in [0.5, 0.6) is 0 Å². The third-order valence-corrected chi connectivity index (χ3v) is 10.5. The van der Waals surface area contributed by atoms with E-state index in [0.29, 0.717) is 0 Å². The molecule has 54 heavy (non-hydrogen) atoms. The predicted octanol–water partition coefficient (Wildman–Crippen LogP) is 14.9. The molecular formula is C52H35NO. The predicted molar refractivity (Wildman–Crippen MR) is 228 cm³/mol. The molecule has 0 spiro atoms. The summed E-state index contributed by atoms with van der Waals surface area (Å²) in [6.07, 6.45) is 0. The van der Waals surface area contributed by atoms with Crippen LogP contribution in [0.2, 0.25) is 0 Å². The van der Waals surface area contributed by atoms with Gasteiger partial charge >= 0.3 is 0 Å². The standard InChI is InChI=1S/C52H35NO/c1-2-11-36(12-3-1)38-27-31-44(32-28-38)53(50-21-9-14-41-13-4-5-17-46(41)50)45-33-29-39(30-34-45)37-23-25-40(26-24-37)42-15-8-16-43(35-42)47-19-10-20-49-48-18-6-7-22-51(48)54-52(47)49/h1-35H. The van der Waals surface area contributed by atoms with Crippen LogP contribution < -0.4 is 4.90 Å². The summed E-state index contributed by atoms with van der Waals surface area (Å²) >= 11 is 0. The minimum Gasteiger partial charge on any atom is -0.455 e. The molecule has 0 bridgehead atoms. The van der Waals surface area contributed by atoms with E-state index in [1.807, 2.05) is 12.1 Å². The van der Waals surface area contributed by atoms with Crippen LogP contribution in [0.25, 0.3) is 77.2 Å². The molecule has 9 aromatic carbocycles. The van der Waals surface area contributed by atoms with Crippen molar-refractivity contribution in [3.63, 3.8) is 0 Å². The second kappa shape index (κ2) is 13.4. The van der Waals surface area contributed by atoms with Gasteiger partial charge in [0.15, 0.2) is 0 Å². The topological polar surface area (TPSA) is 16.4 Å².